The van der Waals surface area contributed by atoms with E-state index in [2.05, 4.69) is 20.3 Å². The predicted octanol–water partition coefficient (Wildman–Crippen LogP) is 3.83. The summed E-state index contributed by atoms with van der Waals surface area (Å²) in [4.78, 5) is 28.6. The monoisotopic (exact) mass is 404 g/mol. The number of primary amides is 1. The van der Waals surface area contributed by atoms with Crippen LogP contribution in [-0.4, -0.2) is 33.1 Å². The molecular weight excluding hydrogens is 388 g/mol. The van der Waals surface area contributed by atoms with Gasteiger partial charge < -0.3 is 10.5 Å². The van der Waals surface area contributed by atoms with Crippen molar-refractivity contribution in [2.75, 3.05) is 12.4 Å². The number of hydrogen-bond acceptors (Lipinski definition) is 7. The van der Waals surface area contributed by atoms with Crippen molar-refractivity contribution in [3.05, 3.63) is 60.4 Å². The van der Waals surface area contributed by atoms with Crippen molar-refractivity contribution in [1.29, 1.82) is 0 Å². The highest BCUT2D eigenvalue weighted by Crippen LogP contribution is 2.36. The molecule has 4 aromatic rings. The number of hydrogen-bond donors (Lipinski definition) is 2. The molecule has 0 saturated heterocycles. The number of carbonyl (C=O) groups excluding carboxylic acids is 1. The maximum Gasteiger partial charge on any atom is 0.317 e. The Labute approximate surface area is 170 Å². The number of thiazole rings is 1. The molecule has 3 heterocycles. The molecule has 2 amide bonds. The third-order valence-corrected chi connectivity index (χ3v) is 4.96. The molecule has 4 rings (SSSR count). The minimum absolute atomic E-state index is 0.274. The molecule has 144 valence electrons. The number of nitrogens with two attached hydrogens (primary N) is 1. The second-order valence-corrected chi connectivity index (χ2v) is 6.82. The van der Waals surface area contributed by atoms with Crippen LogP contribution in [0.4, 0.5) is 10.6 Å². The molecule has 0 aliphatic heterocycles. The zero-order chi connectivity index (χ0) is 20.2. The summed E-state index contributed by atoms with van der Waals surface area (Å²) in [6.45, 7) is 0. The molecule has 0 saturated carbocycles. The van der Waals surface area contributed by atoms with Crippen molar-refractivity contribution in [2.24, 2.45) is 5.73 Å². The lowest BCUT2D eigenvalue weighted by atomic mass is 10.1. The van der Waals surface area contributed by atoms with E-state index >= 15 is 0 Å². The van der Waals surface area contributed by atoms with E-state index in [1.165, 1.54) is 18.4 Å². The summed E-state index contributed by atoms with van der Waals surface area (Å²) >= 11 is 1.49. The number of pyridine rings is 1. The van der Waals surface area contributed by atoms with E-state index in [1.54, 1.807) is 24.7 Å². The number of urea groups is 1. The van der Waals surface area contributed by atoms with Crippen LogP contribution in [0.3, 0.4) is 0 Å². The number of methoxy groups -OCH3 is 1. The molecule has 0 aliphatic rings. The number of rotatable bonds is 5. The van der Waals surface area contributed by atoms with Gasteiger partial charge in [0.05, 0.1) is 12.8 Å². The van der Waals surface area contributed by atoms with E-state index in [0.29, 0.717) is 5.82 Å². The summed E-state index contributed by atoms with van der Waals surface area (Å²) in [5, 5.41) is 5.26. The third-order valence-electron chi connectivity index (χ3n) is 4.08. The maximum atomic E-state index is 11.3. The zero-order valence-electron chi connectivity index (χ0n) is 15.4. The number of benzene rings is 1. The van der Waals surface area contributed by atoms with Gasteiger partial charge in [0.1, 0.15) is 10.8 Å². The van der Waals surface area contributed by atoms with Crippen molar-refractivity contribution in [2.45, 2.75) is 0 Å². The quantitative estimate of drug-likeness (QED) is 0.522. The van der Waals surface area contributed by atoms with Gasteiger partial charge in [-0.2, -0.15) is 0 Å². The van der Waals surface area contributed by atoms with Crippen molar-refractivity contribution in [1.82, 2.24) is 19.9 Å². The van der Waals surface area contributed by atoms with Crippen LogP contribution in [0.25, 0.3) is 33.0 Å². The fourth-order valence-corrected chi connectivity index (χ4v) is 3.62. The Kier molecular flexibility index (Phi) is 5.12. The Bertz CT molecular complexity index is 1150. The molecule has 0 radical (unpaired) electrons. The number of amides is 2. The molecule has 0 atom stereocenters. The molecule has 3 N–H and O–H groups in total. The highest BCUT2D eigenvalue weighted by molar-refractivity contribution is 7.13. The number of nitrogens with zero attached hydrogens (tertiary/aromatic N) is 4. The summed E-state index contributed by atoms with van der Waals surface area (Å²) < 4.78 is 5.03. The standard InChI is InChI=1S/C20H16N6O2S/c1-28-20-23-8-13(9-24-20)15-10-22-17(26-19(21)27)7-14(15)18-25-16(11-29-18)12-5-3-2-4-6-12/h2-11H,1H3,(H3,21,22,26,27). The normalized spacial score (nSPS) is 10.5. The van der Waals surface area contributed by atoms with E-state index < -0.39 is 6.03 Å². The SMILES string of the molecule is COc1ncc(-c2cnc(NC(N)=O)cc2-c2nc(-c3ccccc3)cs2)cn1. The Balaban J connectivity index is 1.80. The van der Waals surface area contributed by atoms with Crippen LogP contribution >= 0.6 is 11.3 Å². The van der Waals surface area contributed by atoms with E-state index in [-0.39, 0.29) is 6.01 Å². The molecule has 1 aromatic carbocycles. The average molecular weight is 404 g/mol. The van der Waals surface area contributed by atoms with Crippen LogP contribution in [0, 0.1) is 0 Å². The van der Waals surface area contributed by atoms with Crippen molar-refractivity contribution >= 4 is 23.2 Å². The molecule has 8 nitrogen and oxygen atoms in total. The molecule has 0 aliphatic carbocycles. The van der Waals surface area contributed by atoms with Gasteiger partial charge in [-0.25, -0.2) is 24.7 Å². The fraction of sp³-hybridized carbons (Fsp3) is 0.0500. The van der Waals surface area contributed by atoms with Gasteiger partial charge in [0.25, 0.3) is 0 Å². The number of aromatic nitrogens is 4. The van der Waals surface area contributed by atoms with Gasteiger partial charge >= 0.3 is 12.0 Å². The van der Waals surface area contributed by atoms with Gasteiger partial charge in [0.15, 0.2) is 0 Å². The van der Waals surface area contributed by atoms with Crippen molar-refractivity contribution < 1.29 is 9.53 Å². The molecule has 0 fully saturated rings. The molecule has 0 spiro atoms. The smallest absolute Gasteiger partial charge is 0.317 e. The second-order valence-electron chi connectivity index (χ2n) is 5.97. The number of anilines is 1. The highest BCUT2D eigenvalue weighted by Gasteiger charge is 2.15. The summed E-state index contributed by atoms with van der Waals surface area (Å²) in [5.74, 6) is 0.335. The largest absolute Gasteiger partial charge is 0.467 e. The van der Waals surface area contributed by atoms with Crippen LogP contribution in [0.1, 0.15) is 0 Å². The number of nitrogens with one attached hydrogen (secondary N) is 1. The van der Waals surface area contributed by atoms with E-state index in [9.17, 15) is 4.79 Å². The molecular formula is C20H16N6O2S. The van der Waals surface area contributed by atoms with Gasteiger partial charge in [0, 0.05) is 46.2 Å². The second kappa shape index (κ2) is 8.03. The van der Waals surface area contributed by atoms with Gasteiger partial charge in [-0.05, 0) is 6.07 Å². The Hall–Kier alpha value is -3.85. The first kappa shape index (κ1) is 18.5. The van der Waals surface area contributed by atoms with Crippen LogP contribution in [0.15, 0.2) is 60.4 Å². The highest BCUT2D eigenvalue weighted by atomic mass is 32.1. The summed E-state index contributed by atoms with van der Waals surface area (Å²) in [5.41, 5.74) is 9.43. The first-order valence-electron chi connectivity index (χ1n) is 8.58. The minimum atomic E-state index is -0.687. The molecule has 0 bridgehead atoms. The first-order chi connectivity index (χ1) is 14.1. The maximum absolute atomic E-state index is 11.3. The van der Waals surface area contributed by atoms with Crippen LogP contribution in [0.5, 0.6) is 6.01 Å². The zero-order valence-corrected chi connectivity index (χ0v) is 16.2. The fourth-order valence-electron chi connectivity index (χ4n) is 2.76. The Morgan fingerprint density at radius 1 is 1.03 bits per heavy atom. The summed E-state index contributed by atoms with van der Waals surface area (Å²) in [6.07, 6.45) is 4.94. The predicted molar refractivity (Wildman–Crippen MR) is 112 cm³/mol. The van der Waals surface area contributed by atoms with Crippen molar-refractivity contribution in [3.63, 3.8) is 0 Å². The van der Waals surface area contributed by atoms with E-state index in [0.717, 1.165) is 33.0 Å². The summed E-state index contributed by atoms with van der Waals surface area (Å²) in [6, 6.07) is 11.2. The van der Waals surface area contributed by atoms with Crippen LogP contribution in [-0.2, 0) is 0 Å². The van der Waals surface area contributed by atoms with Gasteiger partial charge in [-0.3, -0.25) is 5.32 Å². The molecule has 3 aromatic heterocycles. The van der Waals surface area contributed by atoms with E-state index in [1.807, 2.05) is 35.7 Å². The lowest BCUT2D eigenvalue weighted by Gasteiger charge is -2.10. The Morgan fingerprint density at radius 2 is 1.79 bits per heavy atom. The first-order valence-corrected chi connectivity index (χ1v) is 9.46. The van der Waals surface area contributed by atoms with Gasteiger partial charge in [0.2, 0.25) is 0 Å². The average Bonchev–Trinajstić information content (AvgIpc) is 3.24. The minimum Gasteiger partial charge on any atom is -0.467 e. The third kappa shape index (κ3) is 4.04. The molecule has 9 heteroatoms. The van der Waals surface area contributed by atoms with Crippen molar-refractivity contribution in [3.8, 4) is 39.0 Å². The van der Waals surface area contributed by atoms with Crippen LogP contribution < -0.4 is 15.8 Å². The van der Waals surface area contributed by atoms with Gasteiger partial charge in [-0.15, -0.1) is 11.3 Å². The lowest BCUT2D eigenvalue weighted by Crippen LogP contribution is -2.20. The van der Waals surface area contributed by atoms with E-state index in [4.69, 9.17) is 15.5 Å². The topological polar surface area (TPSA) is 116 Å². The molecule has 0 unspecified atom stereocenters. The molecule has 29 heavy (non-hydrogen) atoms. The lowest BCUT2D eigenvalue weighted by molar-refractivity contribution is 0.259. The Morgan fingerprint density at radius 3 is 2.48 bits per heavy atom. The summed E-state index contributed by atoms with van der Waals surface area (Å²) in [7, 11) is 1.51. The van der Waals surface area contributed by atoms with Gasteiger partial charge in [-0.1, -0.05) is 30.3 Å². The number of carbonyl (C=O) groups is 1. The number of ether oxygens (including phenoxy) is 1. The van der Waals surface area contributed by atoms with Crippen LogP contribution in [0.2, 0.25) is 0 Å².